The second-order valence-electron chi connectivity index (χ2n) is 5.27. The fourth-order valence-electron chi connectivity index (χ4n) is 2.09. The van der Waals surface area contributed by atoms with Gasteiger partial charge in [0, 0.05) is 23.5 Å². The molecule has 0 aliphatic rings. The Bertz CT molecular complexity index is 761. The molecule has 1 atom stereocenters. The number of aromatic nitrogens is 2. The normalized spacial score (nSPS) is 11.8. The van der Waals surface area contributed by atoms with E-state index in [9.17, 15) is 9.59 Å². The topological polar surface area (TPSA) is 84.1 Å². The Kier molecular flexibility index (Phi) is 6.43. The third-order valence-corrected chi connectivity index (χ3v) is 4.26. The zero-order valence-corrected chi connectivity index (χ0v) is 14.8. The number of hydrogen-bond acceptors (Lipinski definition) is 5. The van der Waals surface area contributed by atoms with E-state index in [1.165, 1.54) is 17.8 Å². The molecule has 2 rings (SSSR count). The van der Waals surface area contributed by atoms with Gasteiger partial charge in [-0.05, 0) is 25.5 Å². The van der Waals surface area contributed by atoms with E-state index < -0.39 is 5.25 Å². The maximum Gasteiger partial charge on any atom is 0.251 e. The number of benzene rings is 1. The van der Waals surface area contributed by atoms with Crippen molar-refractivity contribution in [2.24, 2.45) is 0 Å². The van der Waals surface area contributed by atoms with Crippen LogP contribution in [0, 0.1) is 0 Å². The molecule has 1 aromatic heterocycles. The van der Waals surface area contributed by atoms with E-state index in [4.69, 9.17) is 4.74 Å². The maximum absolute atomic E-state index is 12.3. The molecule has 6 nitrogen and oxygen atoms in total. The van der Waals surface area contributed by atoms with E-state index in [0.717, 1.165) is 18.5 Å². The molecule has 0 radical (unpaired) electrons. The minimum Gasteiger partial charge on any atom is -0.497 e. The number of aryl methyl sites for hydroxylation is 1. The van der Waals surface area contributed by atoms with Crippen LogP contribution in [0.4, 0.5) is 5.69 Å². The van der Waals surface area contributed by atoms with Gasteiger partial charge in [0.2, 0.25) is 5.91 Å². The predicted molar refractivity (Wildman–Crippen MR) is 95.8 cm³/mol. The molecule has 0 bridgehead atoms. The summed E-state index contributed by atoms with van der Waals surface area (Å²) in [6, 6.07) is 8.65. The smallest absolute Gasteiger partial charge is 0.251 e. The number of hydrogen-bond donors (Lipinski definition) is 2. The van der Waals surface area contributed by atoms with Crippen LogP contribution < -0.4 is 15.6 Å². The van der Waals surface area contributed by atoms with Gasteiger partial charge in [-0.3, -0.25) is 9.59 Å². The third-order valence-electron chi connectivity index (χ3n) is 3.27. The van der Waals surface area contributed by atoms with Gasteiger partial charge in [-0.1, -0.05) is 31.2 Å². The van der Waals surface area contributed by atoms with Crippen LogP contribution in [0.2, 0.25) is 0 Å². The van der Waals surface area contributed by atoms with Gasteiger partial charge >= 0.3 is 0 Å². The molecule has 0 spiro atoms. The molecule has 0 aliphatic carbocycles. The molecule has 128 valence electrons. The number of nitrogens with zero attached hydrogens (tertiary/aromatic N) is 1. The summed E-state index contributed by atoms with van der Waals surface area (Å²) in [5, 5.41) is 2.88. The Morgan fingerprint density at radius 3 is 2.92 bits per heavy atom. The number of anilines is 1. The first-order valence-electron chi connectivity index (χ1n) is 7.73. The summed E-state index contributed by atoms with van der Waals surface area (Å²) < 4.78 is 5.14. The number of carbonyl (C=O) groups excluding carboxylic acids is 1. The minimum absolute atomic E-state index is 0.170. The van der Waals surface area contributed by atoms with Gasteiger partial charge in [0.05, 0.1) is 12.4 Å². The molecule has 1 heterocycles. The molecule has 1 amide bonds. The van der Waals surface area contributed by atoms with Crippen molar-refractivity contribution in [1.82, 2.24) is 9.97 Å². The Balaban J connectivity index is 2.04. The Morgan fingerprint density at radius 1 is 1.42 bits per heavy atom. The highest BCUT2D eigenvalue weighted by atomic mass is 32.2. The lowest BCUT2D eigenvalue weighted by atomic mass is 10.2. The van der Waals surface area contributed by atoms with Crippen molar-refractivity contribution >= 4 is 23.4 Å². The number of amides is 1. The second-order valence-corrected chi connectivity index (χ2v) is 6.60. The number of aromatic amines is 1. The van der Waals surface area contributed by atoms with Gasteiger partial charge in [0.1, 0.15) is 5.75 Å². The molecular weight excluding hydrogens is 326 g/mol. The standard InChI is InChI=1S/C17H21N3O3S/c1-4-6-12-10-15(21)20-17(19-12)24-11(2)16(22)18-13-7-5-8-14(9-13)23-3/h5,7-11H,4,6H2,1-3H3,(H,18,22)(H,19,20,21). The number of nitrogens with one attached hydrogen (secondary N) is 2. The van der Waals surface area contributed by atoms with Gasteiger partial charge in [0.15, 0.2) is 5.16 Å². The zero-order chi connectivity index (χ0) is 17.5. The lowest BCUT2D eigenvalue weighted by Crippen LogP contribution is -2.23. The molecular formula is C17H21N3O3S. The van der Waals surface area contributed by atoms with E-state index in [-0.39, 0.29) is 11.5 Å². The van der Waals surface area contributed by atoms with Crippen molar-refractivity contribution in [2.45, 2.75) is 37.1 Å². The van der Waals surface area contributed by atoms with E-state index in [1.807, 2.05) is 13.0 Å². The van der Waals surface area contributed by atoms with Crippen molar-refractivity contribution in [1.29, 1.82) is 0 Å². The molecule has 0 aliphatic heterocycles. The van der Waals surface area contributed by atoms with Gasteiger partial charge in [0.25, 0.3) is 5.56 Å². The van der Waals surface area contributed by atoms with Crippen molar-refractivity contribution in [2.75, 3.05) is 12.4 Å². The van der Waals surface area contributed by atoms with Gasteiger partial charge in [-0.25, -0.2) is 4.98 Å². The van der Waals surface area contributed by atoms with Crippen LogP contribution >= 0.6 is 11.8 Å². The highest BCUT2D eigenvalue weighted by molar-refractivity contribution is 8.00. The van der Waals surface area contributed by atoms with E-state index >= 15 is 0 Å². The first-order valence-corrected chi connectivity index (χ1v) is 8.61. The predicted octanol–water partition coefficient (Wildman–Crippen LogP) is 2.85. The summed E-state index contributed by atoms with van der Waals surface area (Å²) >= 11 is 1.23. The average Bonchev–Trinajstić information content (AvgIpc) is 2.54. The van der Waals surface area contributed by atoms with Gasteiger partial charge < -0.3 is 15.0 Å². The quantitative estimate of drug-likeness (QED) is 0.594. The first-order chi connectivity index (χ1) is 11.5. The molecule has 0 saturated heterocycles. The number of ether oxygens (including phenoxy) is 1. The fourth-order valence-corrected chi connectivity index (χ4v) is 2.92. The van der Waals surface area contributed by atoms with E-state index in [0.29, 0.717) is 16.6 Å². The molecule has 1 unspecified atom stereocenters. The summed E-state index contributed by atoms with van der Waals surface area (Å²) in [6.45, 7) is 3.80. The Hall–Kier alpha value is -2.28. The minimum atomic E-state index is -0.406. The van der Waals surface area contributed by atoms with Crippen molar-refractivity contribution < 1.29 is 9.53 Å². The van der Waals surface area contributed by atoms with Crippen LogP contribution in [0.3, 0.4) is 0 Å². The van der Waals surface area contributed by atoms with Crippen LogP contribution in [0.15, 0.2) is 40.3 Å². The second kappa shape index (κ2) is 8.54. The number of thioether (sulfide) groups is 1. The largest absolute Gasteiger partial charge is 0.497 e. The van der Waals surface area contributed by atoms with Crippen molar-refractivity contribution in [3.63, 3.8) is 0 Å². The lowest BCUT2D eigenvalue weighted by molar-refractivity contribution is -0.115. The highest BCUT2D eigenvalue weighted by Gasteiger charge is 2.16. The van der Waals surface area contributed by atoms with Crippen molar-refractivity contribution in [3.8, 4) is 5.75 Å². The number of H-pyrrole nitrogens is 1. The van der Waals surface area contributed by atoms with Crippen LogP contribution in [-0.2, 0) is 11.2 Å². The molecule has 0 saturated carbocycles. The summed E-state index contributed by atoms with van der Waals surface area (Å²) in [6.07, 6.45) is 1.65. The number of carbonyl (C=O) groups is 1. The fraction of sp³-hybridized carbons (Fsp3) is 0.353. The monoisotopic (exact) mass is 347 g/mol. The van der Waals surface area contributed by atoms with E-state index in [2.05, 4.69) is 15.3 Å². The molecule has 0 fully saturated rings. The zero-order valence-electron chi connectivity index (χ0n) is 14.0. The average molecular weight is 347 g/mol. The molecule has 2 aromatic rings. The molecule has 1 aromatic carbocycles. The first kappa shape index (κ1) is 18.1. The Labute approximate surface area is 145 Å². The highest BCUT2D eigenvalue weighted by Crippen LogP contribution is 2.22. The lowest BCUT2D eigenvalue weighted by Gasteiger charge is -2.12. The van der Waals surface area contributed by atoms with Gasteiger partial charge in [-0.15, -0.1) is 0 Å². The maximum atomic E-state index is 12.3. The summed E-state index contributed by atoms with van der Waals surface area (Å²) in [5.74, 6) is 0.503. The summed E-state index contributed by atoms with van der Waals surface area (Å²) in [4.78, 5) is 31.1. The van der Waals surface area contributed by atoms with Crippen LogP contribution in [0.5, 0.6) is 5.75 Å². The summed E-state index contributed by atoms with van der Waals surface area (Å²) in [7, 11) is 1.57. The van der Waals surface area contributed by atoms with Crippen molar-refractivity contribution in [3.05, 3.63) is 46.4 Å². The van der Waals surface area contributed by atoms with Crippen LogP contribution in [0.25, 0.3) is 0 Å². The molecule has 2 N–H and O–H groups in total. The van der Waals surface area contributed by atoms with Crippen LogP contribution in [0.1, 0.15) is 26.0 Å². The molecule has 7 heteroatoms. The third kappa shape index (κ3) is 5.13. The van der Waals surface area contributed by atoms with Gasteiger partial charge in [-0.2, -0.15) is 0 Å². The number of rotatable bonds is 7. The summed E-state index contributed by atoms with van der Waals surface area (Å²) in [5.41, 5.74) is 1.20. The van der Waals surface area contributed by atoms with Crippen LogP contribution in [-0.4, -0.2) is 28.2 Å². The SMILES string of the molecule is CCCc1cc(=O)[nH]c(SC(C)C(=O)Nc2cccc(OC)c2)n1. The molecule has 24 heavy (non-hydrogen) atoms. The van der Waals surface area contributed by atoms with E-state index in [1.54, 1.807) is 32.2 Å². The Morgan fingerprint density at radius 2 is 2.21 bits per heavy atom. The number of methoxy groups -OCH3 is 1.